The first-order valence-corrected chi connectivity index (χ1v) is 7.39. The number of carboxylic acids is 1. The van der Waals surface area contributed by atoms with E-state index in [9.17, 15) is 9.59 Å². The molecule has 2 amide bonds. The van der Waals surface area contributed by atoms with E-state index in [1.165, 1.54) is 0 Å². The molecule has 0 radical (unpaired) electrons. The molecule has 0 aromatic rings. The quantitative estimate of drug-likeness (QED) is 0.744. The van der Waals surface area contributed by atoms with Crippen molar-refractivity contribution in [3.05, 3.63) is 0 Å². The van der Waals surface area contributed by atoms with Gasteiger partial charge in [-0.25, -0.2) is 4.79 Å². The van der Waals surface area contributed by atoms with E-state index in [4.69, 9.17) is 9.84 Å². The maximum absolute atomic E-state index is 12.2. The van der Waals surface area contributed by atoms with Crippen LogP contribution in [0.2, 0.25) is 0 Å². The number of hydrogen-bond donors (Lipinski definition) is 2. The molecule has 1 rings (SSSR count). The minimum absolute atomic E-state index is 0.166. The summed E-state index contributed by atoms with van der Waals surface area (Å²) in [5.74, 6) is -1.09. The van der Waals surface area contributed by atoms with E-state index in [-0.39, 0.29) is 19.2 Å². The Morgan fingerprint density at radius 3 is 2.45 bits per heavy atom. The van der Waals surface area contributed by atoms with Crippen LogP contribution >= 0.6 is 0 Å². The van der Waals surface area contributed by atoms with Crippen LogP contribution in [0.15, 0.2) is 0 Å². The van der Waals surface area contributed by atoms with Gasteiger partial charge in [-0.05, 0) is 12.8 Å². The van der Waals surface area contributed by atoms with Gasteiger partial charge in [-0.3, -0.25) is 4.79 Å². The van der Waals surface area contributed by atoms with Crippen LogP contribution in [0.25, 0.3) is 0 Å². The number of ether oxygens (including phenoxy) is 1. The summed E-state index contributed by atoms with van der Waals surface area (Å²) in [6.45, 7) is 7.93. The van der Waals surface area contributed by atoms with E-state index in [0.717, 1.165) is 12.8 Å². The second kappa shape index (κ2) is 8.09. The molecule has 20 heavy (non-hydrogen) atoms. The molecule has 0 aromatic carbocycles. The molecule has 1 aliphatic heterocycles. The van der Waals surface area contributed by atoms with Crippen molar-refractivity contribution >= 4 is 12.0 Å². The third-order valence-electron chi connectivity index (χ3n) is 4.01. The molecule has 0 aromatic heterocycles. The van der Waals surface area contributed by atoms with Gasteiger partial charge in [0.15, 0.2) is 0 Å². The number of nitrogens with zero attached hydrogens (tertiary/aromatic N) is 1. The summed E-state index contributed by atoms with van der Waals surface area (Å²) in [7, 11) is 0. The molecule has 6 nitrogen and oxygen atoms in total. The van der Waals surface area contributed by atoms with Crippen molar-refractivity contribution in [3.8, 4) is 0 Å². The predicted octanol–water partition coefficient (Wildman–Crippen LogP) is 1.55. The molecule has 116 valence electrons. The lowest BCUT2D eigenvalue weighted by Gasteiger charge is -2.27. The molecule has 0 saturated carbocycles. The fourth-order valence-electron chi connectivity index (χ4n) is 2.40. The number of urea groups is 1. The van der Waals surface area contributed by atoms with Crippen LogP contribution in [0.5, 0.6) is 0 Å². The highest BCUT2D eigenvalue weighted by Crippen LogP contribution is 2.15. The first kappa shape index (κ1) is 16.8. The fraction of sp³-hybridized carbons (Fsp3) is 0.857. The summed E-state index contributed by atoms with van der Waals surface area (Å²) in [6, 6.07) is -0.628. The van der Waals surface area contributed by atoms with Gasteiger partial charge in [-0.15, -0.1) is 0 Å². The Morgan fingerprint density at radius 1 is 1.30 bits per heavy atom. The summed E-state index contributed by atoms with van der Waals surface area (Å²) in [5, 5.41) is 11.9. The smallest absolute Gasteiger partial charge is 0.317 e. The van der Waals surface area contributed by atoms with Gasteiger partial charge in [0.1, 0.15) is 5.92 Å². The number of aliphatic carboxylic acids is 1. The fourth-order valence-corrected chi connectivity index (χ4v) is 2.40. The zero-order valence-electron chi connectivity index (χ0n) is 12.6. The first-order chi connectivity index (χ1) is 9.53. The highest BCUT2D eigenvalue weighted by molar-refractivity contribution is 5.77. The van der Waals surface area contributed by atoms with Crippen molar-refractivity contribution in [3.63, 3.8) is 0 Å². The molecule has 1 heterocycles. The Bertz CT molecular complexity index is 331. The average Bonchev–Trinajstić information content (AvgIpc) is 2.88. The van der Waals surface area contributed by atoms with Crippen LogP contribution in [0.4, 0.5) is 4.79 Å². The van der Waals surface area contributed by atoms with Crippen molar-refractivity contribution < 1.29 is 19.4 Å². The number of nitrogens with one attached hydrogen (secondary N) is 1. The van der Waals surface area contributed by atoms with Crippen LogP contribution < -0.4 is 5.32 Å². The Hall–Kier alpha value is -1.30. The summed E-state index contributed by atoms with van der Waals surface area (Å²) < 4.78 is 5.15. The maximum atomic E-state index is 12.2. The lowest BCUT2D eigenvalue weighted by Crippen LogP contribution is -2.49. The summed E-state index contributed by atoms with van der Waals surface area (Å²) in [5.41, 5.74) is 0. The molecule has 6 heteroatoms. The Morgan fingerprint density at radius 2 is 1.95 bits per heavy atom. The number of carboxylic acid groups (broad SMARTS) is 1. The van der Waals surface area contributed by atoms with E-state index in [1.54, 1.807) is 4.90 Å². The molecule has 0 bridgehead atoms. The van der Waals surface area contributed by atoms with Crippen LogP contribution in [-0.2, 0) is 9.53 Å². The number of carbonyl (C=O) groups is 2. The molecule has 1 aliphatic rings. The van der Waals surface area contributed by atoms with Crippen molar-refractivity contribution in [1.29, 1.82) is 0 Å². The van der Waals surface area contributed by atoms with Gasteiger partial charge in [-0.2, -0.15) is 0 Å². The number of carbonyl (C=O) groups excluding carboxylic acids is 1. The molecule has 0 aliphatic carbocycles. The lowest BCUT2D eigenvalue weighted by atomic mass is 10.0. The minimum Gasteiger partial charge on any atom is -0.481 e. The average molecular weight is 286 g/mol. The van der Waals surface area contributed by atoms with Crippen LogP contribution in [0.3, 0.4) is 0 Å². The number of hydrogen-bond acceptors (Lipinski definition) is 3. The molecule has 2 N–H and O–H groups in total. The first-order valence-electron chi connectivity index (χ1n) is 7.39. The monoisotopic (exact) mass is 286 g/mol. The van der Waals surface area contributed by atoms with Crippen molar-refractivity contribution in [1.82, 2.24) is 10.2 Å². The highest BCUT2D eigenvalue weighted by Gasteiger charge is 2.35. The van der Waals surface area contributed by atoms with Crippen molar-refractivity contribution in [2.45, 2.75) is 39.7 Å². The van der Waals surface area contributed by atoms with Crippen molar-refractivity contribution in [2.24, 2.45) is 11.8 Å². The van der Waals surface area contributed by atoms with Crippen LogP contribution in [0.1, 0.15) is 33.6 Å². The third-order valence-corrected chi connectivity index (χ3v) is 4.01. The van der Waals surface area contributed by atoms with E-state index in [0.29, 0.717) is 19.0 Å². The highest BCUT2D eigenvalue weighted by atomic mass is 16.5. The number of rotatable bonds is 7. The normalized spacial score (nSPS) is 22.0. The molecule has 1 saturated heterocycles. The van der Waals surface area contributed by atoms with Gasteiger partial charge in [-0.1, -0.05) is 26.7 Å². The van der Waals surface area contributed by atoms with Gasteiger partial charge in [0, 0.05) is 13.1 Å². The van der Waals surface area contributed by atoms with Gasteiger partial charge in [0.25, 0.3) is 0 Å². The maximum Gasteiger partial charge on any atom is 0.317 e. The minimum atomic E-state index is -0.921. The molecular weight excluding hydrogens is 260 g/mol. The van der Waals surface area contributed by atoms with Crippen LogP contribution in [-0.4, -0.2) is 54.4 Å². The van der Waals surface area contributed by atoms with Gasteiger partial charge >= 0.3 is 12.0 Å². The third kappa shape index (κ3) is 4.37. The molecule has 0 spiro atoms. The predicted molar refractivity (Wildman–Crippen MR) is 75.6 cm³/mol. The summed E-state index contributed by atoms with van der Waals surface area (Å²) in [4.78, 5) is 25.0. The second-order valence-corrected chi connectivity index (χ2v) is 5.26. The molecule has 1 fully saturated rings. The SMILES string of the molecule is CCC(CC)CN(CC)C(=O)NC1COCC1C(=O)O. The number of amides is 2. The second-order valence-electron chi connectivity index (χ2n) is 5.26. The zero-order valence-corrected chi connectivity index (χ0v) is 12.6. The van der Waals surface area contributed by atoms with E-state index < -0.39 is 17.9 Å². The summed E-state index contributed by atoms with van der Waals surface area (Å²) >= 11 is 0. The van der Waals surface area contributed by atoms with E-state index in [2.05, 4.69) is 19.2 Å². The standard InChI is InChI=1S/C14H26N2O4/c1-4-10(5-2)7-16(6-3)14(19)15-12-9-20-8-11(12)13(17)18/h10-12H,4-9H2,1-3H3,(H,15,19)(H,17,18). The van der Waals surface area contributed by atoms with E-state index in [1.807, 2.05) is 6.92 Å². The Balaban J connectivity index is 2.56. The van der Waals surface area contributed by atoms with E-state index >= 15 is 0 Å². The Kier molecular flexibility index (Phi) is 6.78. The molecular formula is C14H26N2O4. The van der Waals surface area contributed by atoms with Crippen LogP contribution in [0, 0.1) is 11.8 Å². The summed E-state index contributed by atoms with van der Waals surface area (Å²) in [6.07, 6.45) is 2.06. The lowest BCUT2D eigenvalue weighted by molar-refractivity contribution is -0.142. The Labute approximate surface area is 120 Å². The zero-order chi connectivity index (χ0) is 15.1. The molecule has 2 unspecified atom stereocenters. The van der Waals surface area contributed by atoms with Crippen molar-refractivity contribution in [2.75, 3.05) is 26.3 Å². The topological polar surface area (TPSA) is 78.9 Å². The largest absolute Gasteiger partial charge is 0.481 e. The molecule has 2 atom stereocenters. The van der Waals surface area contributed by atoms with Gasteiger partial charge < -0.3 is 20.1 Å². The van der Waals surface area contributed by atoms with Gasteiger partial charge in [0.2, 0.25) is 0 Å². The van der Waals surface area contributed by atoms with Gasteiger partial charge in [0.05, 0.1) is 19.3 Å².